The van der Waals surface area contributed by atoms with E-state index in [-0.39, 0.29) is 0 Å². The van der Waals surface area contributed by atoms with Gasteiger partial charge in [0.05, 0.1) is 18.9 Å². The van der Waals surface area contributed by atoms with Gasteiger partial charge in [-0.3, -0.25) is 4.79 Å². The van der Waals surface area contributed by atoms with E-state index in [0.29, 0.717) is 30.8 Å². The number of unbranched alkanes of at least 4 members (excludes halogenated alkanes) is 2. The summed E-state index contributed by atoms with van der Waals surface area (Å²) < 4.78 is 5.36. The minimum Gasteiger partial charge on any atom is -0.492 e. The van der Waals surface area contributed by atoms with Crippen LogP contribution >= 0.6 is 0 Å². The molecule has 1 aromatic heterocycles. The van der Waals surface area contributed by atoms with Crippen molar-refractivity contribution in [3.63, 3.8) is 0 Å². The second kappa shape index (κ2) is 6.55. The fraction of sp³-hybridized carbons (Fsp3) is 0.364. The van der Waals surface area contributed by atoms with Gasteiger partial charge in [0.2, 0.25) is 0 Å². The Hall–Kier alpha value is -1.89. The summed E-state index contributed by atoms with van der Waals surface area (Å²) in [5.74, 6) is 0.651. The Bertz CT molecular complexity index is 341. The third-order valence-corrected chi connectivity index (χ3v) is 1.83. The van der Waals surface area contributed by atoms with E-state index < -0.39 is 0 Å². The first-order valence-electron chi connectivity index (χ1n) is 4.78. The van der Waals surface area contributed by atoms with Crippen LogP contribution in [0.5, 0.6) is 5.75 Å². The van der Waals surface area contributed by atoms with Gasteiger partial charge in [-0.25, -0.2) is 4.98 Å². The number of hydrogen-bond donors (Lipinski definition) is 0. The lowest BCUT2D eigenvalue weighted by atomic mass is 10.2. The first-order valence-corrected chi connectivity index (χ1v) is 4.78. The van der Waals surface area contributed by atoms with E-state index in [0.717, 1.165) is 12.8 Å². The summed E-state index contributed by atoms with van der Waals surface area (Å²) in [5.41, 5.74) is 0.395. The SMILES string of the molecule is N#CCCCCOc1ccc(C=O)nc1. The van der Waals surface area contributed by atoms with Crippen LogP contribution in [0, 0.1) is 11.3 Å². The molecule has 0 unspecified atom stereocenters. The third-order valence-electron chi connectivity index (χ3n) is 1.83. The van der Waals surface area contributed by atoms with E-state index in [9.17, 15) is 4.79 Å². The van der Waals surface area contributed by atoms with Crippen LogP contribution in [-0.2, 0) is 0 Å². The van der Waals surface area contributed by atoms with Crippen LogP contribution in [0.2, 0.25) is 0 Å². The highest BCUT2D eigenvalue weighted by Crippen LogP contribution is 2.09. The van der Waals surface area contributed by atoms with Gasteiger partial charge in [0.25, 0.3) is 0 Å². The average Bonchev–Trinajstić information content (AvgIpc) is 2.30. The van der Waals surface area contributed by atoms with E-state index in [2.05, 4.69) is 11.1 Å². The van der Waals surface area contributed by atoms with E-state index in [4.69, 9.17) is 10.00 Å². The van der Waals surface area contributed by atoms with Crippen LogP contribution in [0.15, 0.2) is 18.3 Å². The van der Waals surface area contributed by atoms with Gasteiger partial charge in [-0.15, -0.1) is 0 Å². The number of nitrogens with zero attached hydrogens (tertiary/aromatic N) is 2. The van der Waals surface area contributed by atoms with Crippen molar-refractivity contribution < 1.29 is 9.53 Å². The Kier molecular flexibility index (Phi) is 4.88. The molecule has 0 fully saturated rings. The number of aldehydes is 1. The lowest BCUT2D eigenvalue weighted by Crippen LogP contribution is -1.98. The molecule has 0 aromatic carbocycles. The number of carbonyl (C=O) groups excluding carboxylic acids is 1. The van der Waals surface area contributed by atoms with E-state index in [1.807, 2.05) is 0 Å². The highest BCUT2D eigenvalue weighted by molar-refractivity contribution is 5.71. The number of pyridine rings is 1. The fourth-order valence-electron chi connectivity index (χ4n) is 1.04. The number of hydrogen-bond acceptors (Lipinski definition) is 4. The van der Waals surface area contributed by atoms with Crippen molar-refractivity contribution in [3.8, 4) is 11.8 Å². The van der Waals surface area contributed by atoms with Crippen molar-refractivity contribution >= 4 is 6.29 Å². The van der Waals surface area contributed by atoms with Crippen LogP contribution in [0.25, 0.3) is 0 Å². The second-order valence-corrected chi connectivity index (χ2v) is 3.00. The predicted octanol–water partition coefficient (Wildman–Crippen LogP) is 1.97. The molecule has 78 valence electrons. The molecule has 0 aliphatic carbocycles. The van der Waals surface area contributed by atoms with Crippen molar-refractivity contribution in [1.82, 2.24) is 4.98 Å². The van der Waals surface area contributed by atoms with Crippen LogP contribution in [-0.4, -0.2) is 17.9 Å². The molecule has 15 heavy (non-hydrogen) atoms. The lowest BCUT2D eigenvalue weighted by Gasteiger charge is -2.04. The molecule has 0 spiro atoms. The number of carbonyl (C=O) groups is 1. The van der Waals surface area contributed by atoms with Gasteiger partial charge >= 0.3 is 0 Å². The van der Waals surface area contributed by atoms with Gasteiger partial charge in [0.1, 0.15) is 11.4 Å². The van der Waals surface area contributed by atoms with E-state index >= 15 is 0 Å². The molecule has 4 heteroatoms. The van der Waals surface area contributed by atoms with Crippen LogP contribution in [0.4, 0.5) is 0 Å². The highest BCUT2D eigenvalue weighted by atomic mass is 16.5. The number of nitriles is 1. The zero-order valence-electron chi connectivity index (χ0n) is 8.35. The molecule has 0 bridgehead atoms. The van der Waals surface area contributed by atoms with Crippen molar-refractivity contribution in [3.05, 3.63) is 24.0 Å². The van der Waals surface area contributed by atoms with Crippen molar-refractivity contribution in [2.24, 2.45) is 0 Å². The minimum atomic E-state index is 0.395. The Morgan fingerprint density at radius 2 is 2.33 bits per heavy atom. The number of ether oxygens (including phenoxy) is 1. The zero-order chi connectivity index (χ0) is 10.9. The number of rotatable bonds is 6. The highest BCUT2D eigenvalue weighted by Gasteiger charge is 1.95. The molecule has 4 nitrogen and oxygen atoms in total. The van der Waals surface area contributed by atoms with Gasteiger partial charge in [-0.05, 0) is 25.0 Å². The monoisotopic (exact) mass is 204 g/mol. The summed E-state index contributed by atoms with van der Waals surface area (Å²) in [6.45, 7) is 0.573. The van der Waals surface area contributed by atoms with E-state index in [1.165, 1.54) is 6.20 Å². The molecular weight excluding hydrogens is 192 g/mol. The summed E-state index contributed by atoms with van der Waals surface area (Å²) >= 11 is 0. The normalized spacial score (nSPS) is 9.27. The van der Waals surface area contributed by atoms with E-state index in [1.54, 1.807) is 12.1 Å². The maximum Gasteiger partial charge on any atom is 0.168 e. The Labute approximate surface area is 88.5 Å². The molecule has 0 amide bonds. The van der Waals surface area contributed by atoms with Gasteiger partial charge in [0.15, 0.2) is 6.29 Å². The molecule has 0 saturated heterocycles. The third kappa shape index (κ3) is 4.23. The maximum atomic E-state index is 10.3. The summed E-state index contributed by atoms with van der Waals surface area (Å²) in [5, 5.41) is 8.31. The zero-order valence-corrected chi connectivity index (χ0v) is 8.35. The summed E-state index contributed by atoms with van der Waals surface area (Å²) in [6.07, 6.45) is 4.47. The average molecular weight is 204 g/mol. The molecule has 0 radical (unpaired) electrons. The topological polar surface area (TPSA) is 63.0 Å². The Morgan fingerprint density at radius 3 is 2.93 bits per heavy atom. The quantitative estimate of drug-likeness (QED) is 0.525. The molecule has 0 aliphatic rings. The molecule has 0 saturated carbocycles. The summed E-state index contributed by atoms with van der Waals surface area (Å²) in [6, 6.07) is 5.39. The Balaban J connectivity index is 2.26. The molecule has 0 N–H and O–H groups in total. The van der Waals surface area contributed by atoms with Gasteiger partial charge in [0, 0.05) is 6.42 Å². The largest absolute Gasteiger partial charge is 0.492 e. The Morgan fingerprint density at radius 1 is 1.47 bits per heavy atom. The van der Waals surface area contributed by atoms with Crippen molar-refractivity contribution in [1.29, 1.82) is 5.26 Å². The van der Waals surface area contributed by atoms with Gasteiger partial charge in [-0.2, -0.15) is 5.26 Å². The minimum absolute atomic E-state index is 0.395. The lowest BCUT2D eigenvalue weighted by molar-refractivity contribution is 0.111. The standard InChI is InChI=1S/C11H12N2O2/c12-6-2-1-3-7-15-11-5-4-10(9-14)13-8-11/h4-5,8-9H,1-3,7H2. The first-order chi connectivity index (χ1) is 7.36. The smallest absolute Gasteiger partial charge is 0.168 e. The molecular formula is C11H12N2O2. The molecule has 1 aromatic rings. The van der Waals surface area contributed by atoms with Crippen LogP contribution in [0.1, 0.15) is 29.8 Å². The van der Waals surface area contributed by atoms with Crippen LogP contribution < -0.4 is 4.74 Å². The molecule has 1 heterocycles. The first kappa shape index (κ1) is 11.2. The molecule has 1 rings (SSSR count). The van der Waals surface area contributed by atoms with Gasteiger partial charge in [-0.1, -0.05) is 0 Å². The van der Waals surface area contributed by atoms with Crippen molar-refractivity contribution in [2.45, 2.75) is 19.3 Å². The summed E-state index contributed by atoms with van der Waals surface area (Å²) in [4.78, 5) is 14.2. The fourth-order valence-corrected chi connectivity index (χ4v) is 1.04. The van der Waals surface area contributed by atoms with Crippen molar-refractivity contribution in [2.75, 3.05) is 6.61 Å². The predicted molar refractivity (Wildman–Crippen MR) is 54.6 cm³/mol. The molecule has 0 aliphatic heterocycles. The summed E-state index contributed by atoms with van der Waals surface area (Å²) in [7, 11) is 0. The van der Waals surface area contributed by atoms with Crippen LogP contribution in [0.3, 0.4) is 0 Å². The van der Waals surface area contributed by atoms with Gasteiger partial charge < -0.3 is 4.74 Å². The maximum absolute atomic E-state index is 10.3. The number of aromatic nitrogens is 1. The molecule has 0 atom stereocenters. The second-order valence-electron chi connectivity index (χ2n) is 3.00.